The number of hydrogen-bond donors (Lipinski definition) is 1. The second kappa shape index (κ2) is 6.46. The van der Waals surface area contributed by atoms with Gasteiger partial charge in [0.2, 0.25) is 0 Å². The van der Waals surface area contributed by atoms with Gasteiger partial charge in [0.1, 0.15) is 0 Å². The average molecular weight is 169 g/mol. The van der Waals surface area contributed by atoms with Crippen molar-refractivity contribution in [3.05, 3.63) is 24.9 Å². The van der Waals surface area contributed by atoms with Gasteiger partial charge in [0, 0.05) is 18.3 Å². The van der Waals surface area contributed by atoms with Crippen LogP contribution in [-0.4, -0.2) is 19.1 Å². The van der Waals surface area contributed by atoms with Gasteiger partial charge in [-0.2, -0.15) is 0 Å². The summed E-state index contributed by atoms with van der Waals surface area (Å²) in [6.45, 7) is 5.61. The Hall–Kier alpha value is -1.25. The molecule has 0 aliphatic heterocycles. The average Bonchev–Trinajstić information content (AvgIpc) is 2.04. The van der Waals surface area contributed by atoms with E-state index >= 15 is 0 Å². The smallest absolute Gasteiger partial charge is 0.331 e. The van der Waals surface area contributed by atoms with Crippen molar-refractivity contribution < 1.29 is 9.53 Å². The van der Waals surface area contributed by atoms with Gasteiger partial charge in [-0.25, -0.2) is 4.79 Å². The molecule has 1 unspecified atom stereocenters. The van der Waals surface area contributed by atoms with Gasteiger partial charge in [-0.05, 0) is 13.3 Å². The molecule has 0 radical (unpaired) electrons. The predicted molar refractivity (Wildman–Crippen MR) is 48.6 cm³/mol. The lowest BCUT2D eigenvalue weighted by molar-refractivity contribution is -0.134. The molecular weight excluding hydrogens is 154 g/mol. The third-order valence-electron chi connectivity index (χ3n) is 1.32. The van der Waals surface area contributed by atoms with Crippen LogP contribution in [0.2, 0.25) is 0 Å². The number of carbonyl (C=O) groups excluding carboxylic acids is 1. The lowest BCUT2D eigenvalue weighted by atomic mass is 10.2. The first-order chi connectivity index (χ1) is 5.70. The minimum absolute atomic E-state index is 0.295. The molecule has 0 aromatic rings. The van der Waals surface area contributed by atoms with Crippen molar-refractivity contribution in [2.24, 2.45) is 0 Å². The summed E-state index contributed by atoms with van der Waals surface area (Å²) in [6, 6.07) is 0.295. The van der Waals surface area contributed by atoms with Crippen molar-refractivity contribution in [2.75, 3.05) is 7.11 Å². The molecule has 0 bridgehead atoms. The summed E-state index contributed by atoms with van der Waals surface area (Å²) in [4.78, 5) is 10.6. The molecule has 0 saturated heterocycles. The number of ether oxygens (including phenoxy) is 1. The molecule has 1 N–H and O–H groups in total. The minimum Gasteiger partial charge on any atom is -0.466 e. The van der Waals surface area contributed by atoms with Crippen LogP contribution in [0.1, 0.15) is 13.3 Å². The van der Waals surface area contributed by atoms with E-state index in [0.29, 0.717) is 6.04 Å². The van der Waals surface area contributed by atoms with Gasteiger partial charge in [0.15, 0.2) is 0 Å². The van der Waals surface area contributed by atoms with E-state index in [4.69, 9.17) is 0 Å². The number of rotatable bonds is 5. The van der Waals surface area contributed by atoms with Gasteiger partial charge >= 0.3 is 5.97 Å². The molecule has 0 aliphatic carbocycles. The van der Waals surface area contributed by atoms with Crippen molar-refractivity contribution >= 4 is 5.97 Å². The molecule has 0 rings (SSSR count). The first kappa shape index (κ1) is 10.8. The molecule has 3 heteroatoms. The van der Waals surface area contributed by atoms with Gasteiger partial charge in [-0.3, -0.25) is 0 Å². The maximum atomic E-state index is 10.6. The van der Waals surface area contributed by atoms with Crippen LogP contribution in [0.15, 0.2) is 24.9 Å². The molecule has 3 nitrogen and oxygen atoms in total. The molecule has 0 saturated carbocycles. The van der Waals surface area contributed by atoms with Crippen LogP contribution < -0.4 is 5.32 Å². The molecular formula is C9H15NO2. The third-order valence-corrected chi connectivity index (χ3v) is 1.32. The second-order valence-electron chi connectivity index (χ2n) is 2.45. The zero-order valence-corrected chi connectivity index (χ0v) is 7.54. The molecule has 1 atom stereocenters. The summed E-state index contributed by atoms with van der Waals surface area (Å²) in [7, 11) is 1.35. The minimum atomic E-state index is -0.353. The van der Waals surface area contributed by atoms with Crippen LogP contribution in [0.25, 0.3) is 0 Å². The van der Waals surface area contributed by atoms with Crippen LogP contribution in [0.3, 0.4) is 0 Å². The maximum absolute atomic E-state index is 10.6. The van der Waals surface area contributed by atoms with Crippen molar-refractivity contribution in [3.8, 4) is 0 Å². The highest BCUT2D eigenvalue weighted by Crippen LogP contribution is 1.89. The Morgan fingerprint density at radius 3 is 2.92 bits per heavy atom. The molecule has 0 aromatic heterocycles. The number of nitrogens with one attached hydrogen (secondary N) is 1. The van der Waals surface area contributed by atoms with Crippen LogP contribution in [0, 0.1) is 0 Å². The molecule has 0 spiro atoms. The fourth-order valence-corrected chi connectivity index (χ4v) is 0.667. The number of carbonyl (C=O) groups is 1. The third kappa shape index (κ3) is 5.53. The van der Waals surface area contributed by atoms with E-state index in [-0.39, 0.29) is 5.97 Å². The Labute approximate surface area is 73.1 Å². The largest absolute Gasteiger partial charge is 0.466 e. The molecule has 0 amide bonds. The summed E-state index contributed by atoms with van der Waals surface area (Å²) in [5, 5.41) is 3.00. The van der Waals surface area contributed by atoms with E-state index in [1.807, 2.05) is 13.0 Å². The topological polar surface area (TPSA) is 38.3 Å². The van der Waals surface area contributed by atoms with Gasteiger partial charge in [-0.15, -0.1) is 6.58 Å². The second-order valence-corrected chi connectivity index (χ2v) is 2.45. The zero-order chi connectivity index (χ0) is 9.40. The van der Waals surface area contributed by atoms with E-state index in [9.17, 15) is 4.79 Å². The number of hydrogen-bond acceptors (Lipinski definition) is 3. The maximum Gasteiger partial charge on any atom is 0.331 e. The Bertz CT molecular complexity index is 175. The summed E-state index contributed by atoms with van der Waals surface area (Å²) in [5.41, 5.74) is 0. The molecule has 0 fully saturated rings. The van der Waals surface area contributed by atoms with E-state index < -0.39 is 0 Å². The summed E-state index contributed by atoms with van der Waals surface area (Å²) < 4.78 is 4.41. The Morgan fingerprint density at radius 1 is 1.75 bits per heavy atom. The highest BCUT2D eigenvalue weighted by atomic mass is 16.5. The van der Waals surface area contributed by atoms with Crippen molar-refractivity contribution in [2.45, 2.75) is 19.4 Å². The van der Waals surface area contributed by atoms with Crippen LogP contribution in [0.4, 0.5) is 0 Å². The molecule has 68 valence electrons. The van der Waals surface area contributed by atoms with Gasteiger partial charge in [0.05, 0.1) is 7.11 Å². The standard InChI is InChI=1S/C9H15NO2/c1-4-5-8(2)10-7-6-9(11)12-3/h4,6-8,10H,1,5H2,2-3H3/b7-6+. The highest BCUT2D eigenvalue weighted by Gasteiger charge is 1.94. The molecule has 0 aliphatic rings. The van der Waals surface area contributed by atoms with Crippen molar-refractivity contribution in [1.29, 1.82) is 0 Å². The van der Waals surface area contributed by atoms with Crippen molar-refractivity contribution in [3.63, 3.8) is 0 Å². The lowest BCUT2D eigenvalue weighted by Gasteiger charge is -2.07. The van der Waals surface area contributed by atoms with Crippen molar-refractivity contribution in [1.82, 2.24) is 5.32 Å². The zero-order valence-electron chi connectivity index (χ0n) is 7.54. The van der Waals surface area contributed by atoms with Crippen LogP contribution >= 0.6 is 0 Å². The first-order valence-corrected chi connectivity index (χ1v) is 3.82. The Morgan fingerprint density at radius 2 is 2.42 bits per heavy atom. The van der Waals surface area contributed by atoms with E-state index in [0.717, 1.165) is 6.42 Å². The SMILES string of the molecule is C=CCC(C)N/C=C/C(=O)OC. The fraction of sp³-hybridized carbons (Fsp3) is 0.444. The van der Waals surface area contributed by atoms with E-state index in [1.54, 1.807) is 6.20 Å². The summed E-state index contributed by atoms with van der Waals surface area (Å²) in [6.07, 6.45) is 5.62. The molecule has 0 heterocycles. The number of methoxy groups -OCH3 is 1. The quantitative estimate of drug-likeness (QED) is 0.382. The highest BCUT2D eigenvalue weighted by molar-refractivity contribution is 5.81. The number of esters is 1. The van der Waals surface area contributed by atoms with E-state index in [1.165, 1.54) is 13.2 Å². The predicted octanol–water partition coefficient (Wildman–Crippen LogP) is 1.23. The Balaban J connectivity index is 3.58. The summed E-state index contributed by atoms with van der Waals surface area (Å²) in [5.74, 6) is -0.353. The van der Waals surface area contributed by atoms with Gasteiger partial charge < -0.3 is 10.1 Å². The van der Waals surface area contributed by atoms with Crippen LogP contribution in [-0.2, 0) is 9.53 Å². The first-order valence-electron chi connectivity index (χ1n) is 3.82. The lowest BCUT2D eigenvalue weighted by Crippen LogP contribution is -2.19. The van der Waals surface area contributed by atoms with E-state index in [2.05, 4.69) is 16.6 Å². The normalized spacial score (nSPS) is 12.5. The molecule has 0 aromatic carbocycles. The fourth-order valence-electron chi connectivity index (χ4n) is 0.667. The van der Waals surface area contributed by atoms with Gasteiger partial charge in [0.25, 0.3) is 0 Å². The van der Waals surface area contributed by atoms with Gasteiger partial charge in [-0.1, -0.05) is 6.08 Å². The monoisotopic (exact) mass is 169 g/mol. The molecule has 12 heavy (non-hydrogen) atoms. The Kier molecular flexibility index (Phi) is 5.79. The van der Waals surface area contributed by atoms with Crippen LogP contribution in [0.5, 0.6) is 0 Å². The summed E-state index contributed by atoms with van der Waals surface area (Å²) >= 11 is 0.